The second-order valence-corrected chi connectivity index (χ2v) is 5.39. The van der Waals surface area contributed by atoms with Crippen LogP contribution in [0.15, 0.2) is 48.5 Å². The van der Waals surface area contributed by atoms with Crippen molar-refractivity contribution in [1.29, 1.82) is 5.26 Å². The van der Waals surface area contributed by atoms with Crippen molar-refractivity contribution in [3.8, 4) is 22.9 Å². The summed E-state index contributed by atoms with van der Waals surface area (Å²) in [6.45, 7) is 0.409. The van der Waals surface area contributed by atoms with Crippen molar-refractivity contribution in [2.24, 2.45) is 0 Å². The van der Waals surface area contributed by atoms with Crippen LogP contribution in [0.5, 0.6) is 5.75 Å². The van der Waals surface area contributed by atoms with E-state index in [1.807, 2.05) is 36.4 Å². The molecule has 0 spiro atoms. The Bertz CT molecular complexity index is 629. The van der Waals surface area contributed by atoms with Crippen molar-refractivity contribution in [3.05, 3.63) is 54.1 Å². The van der Waals surface area contributed by atoms with Crippen LogP contribution in [0.3, 0.4) is 0 Å². The Morgan fingerprint density at radius 3 is 2.13 bits per heavy atom. The van der Waals surface area contributed by atoms with Gasteiger partial charge in [-0.2, -0.15) is 5.26 Å². The van der Waals surface area contributed by atoms with Crippen LogP contribution in [0.2, 0.25) is 0 Å². The number of hydrogen-bond acceptors (Lipinski definition) is 4. The van der Waals surface area contributed by atoms with Crippen LogP contribution in [-0.2, 0) is 0 Å². The smallest absolute Gasteiger partial charge is 0.119 e. The zero-order valence-corrected chi connectivity index (χ0v) is 13.0. The molecule has 0 aliphatic carbocycles. The number of aliphatic hydroxyl groups excluding tert-OH is 2. The molecule has 2 rings (SSSR count). The van der Waals surface area contributed by atoms with E-state index in [4.69, 9.17) is 15.1 Å². The van der Waals surface area contributed by atoms with E-state index in [0.29, 0.717) is 18.6 Å². The zero-order valence-electron chi connectivity index (χ0n) is 13.0. The lowest BCUT2D eigenvalue weighted by atomic mass is 10.0. The summed E-state index contributed by atoms with van der Waals surface area (Å²) in [4.78, 5) is 0. The quantitative estimate of drug-likeness (QED) is 0.735. The zero-order chi connectivity index (χ0) is 16.5. The summed E-state index contributed by atoms with van der Waals surface area (Å²) in [5, 5.41) is 26.8. The van der Waals surface area contributed by atoms with Crippen molar-refractivity contribution in [2.45, 2.75) is 25.4 Å². The number of benzene rings is 2. The lowest BCUT2D eigenvalue weighted by Crippen LogP contribution is -2.11. The highest BCUT2D eigenvalue weighted by molar-refractivity contribution is 5.64. The summed E-state index contributed by atoms with van der Waals surface area (Å²) < 4.78 is 5.66. The Balaban J connectivity index is 1.81. The van der Waals surface area contributed by atoms with E-state index in [1.165, 1.54) is 0 Å². The van der Waals surface area contributed by atoms with Gasteiger partial charge in [0.25, 0.3) is 0 Å². The molecule has 0 radical (unpaired) electrons. The Kier molecular flexibility index (Phi) is 6.61. The van der Waals surface area contributed by atoms with Crippen LogP contribution in [-0.4, -0.2) is 29.5 Å². The number of hydrogen-bond donors (Lipinski definition) is 2. The van der Waals surface area contributed by atoms with Gasteiger partial charge in [0.1, 0.15) is 5.75 Å². The molecule has 0 aromatic heterocycles. The van der Waals surface area contributed by atoms with Crippen molar-refractivity contribution in [3.63, 3.8) is 0 Å². The second-order valence-electron chi connectivity index (χ2n) is 5.39. The minimum absolute atomic E-state index is 0.183. The van der Waals surface area contributed by atoms with Crippen LogP contribution >= 0.6 is 0 Å². The van der Waals surface area contributed by atoms with Crippen molar-refractivity contribution in [2.75, 3.05) is 13.2 Å². The van der Waals surface area contributed by atoms with E-state index >= 15 is 0 Å². The first-order valence-electron chi connectivity index (χ1n) is 7.75. The first kappa shape index (κ1) is 17.0. The number of nitriles is 1. The van der Waals surface area contributed by atoms with Gasteiger partial charge in [0.15, 0.2) is 0 Å². The van der Waals surface area contributed by atoms with E-state index in [9.17, 15) is 5.11 Å². The molecule has 4 nitrogen and oxygen atoms in total. The number of aliphatic hydroxyl groups is 2. The lowest BCUT2D eigenvalue weighted by Gasteiger charge is -2.09. The molecule has 0 amide bonds. The van der Waals surface area contributed by atoms with Gasteiger partial charge < -0.3 is 14.9 Å². The van der Waals surface area contributed by atoms with Gasteiger partial charge in [0, 0.05) is 0 Å². The summed E-state index contributed by atoms with van der Waals surface area (Å²) in [6, 6.07) is 17.4. The van der Waals surface area contributed by atoms with E-state index in [2.05, 4.69) is 6.07 Å². The minimum Gasteiger partial charge on any atom is -0.494 e. The maximum atomic E-state index is 9.24. The van der Waals surface area contributed by atoms with Crippen LogP contribution in [0, 0.1) is 11.3 Å². The lowest BCUT2D eigenvalue weighted by molar-refractivity contribution is 0.0851. The molecule has 4 heteroatoms. The highest BCUT2D eigenvalue weighted by Gasteiger charge is 2.02. The van der Waals surface area contributed by atoms with Crippen LogP contribution in [0.4, 0.5) is 0 Å². The summed E-state index contributed by atoms with van der Waals surface area (Å²) in [5.41, 5.74) is 2.79. The molecule has 2 N–H and O–H groups in total. The fourth-order valence-electron chi connectivity index (χ4n) is 2.24. The molecule has 1 atom stereocenters. The molecule has 0 saturated heterocycles. The highest BCUT2D eigenvalue weighted by Crippen LogP contribution is 2.23. The molecule has 0 aliphatic heterocycles. The van der Waals surface area contributed by atoms with Gasteiger partial charge in [-0.15, -0.1) is 0 Å². The van der Waals surface area contributed by atoms with Gasteiger partial charge in [0.2, 0.25) is 0 Å². The monoisotopic (exact) mass is 311 g/mol. The first-order chi connectivity index (χ1) is 11.2. The molecule has 120 valence electrons. The van der Waals surface area contributed by atoms with Gasteiger partial charge in [-0.3, -0.25) is 0 Å². The predicted octanol–water partition coefficient (Wildman–Crippen LogP) is 3.13. The highest BCUT2D eigenvalue weighted by atomic mass is 16.5. The third kappa shape index (κ3) is 5.41. The first-order valence-corrected chi connectivity index (χ1v) is 7.75. The third-order valence-corrected chi connectivity index (χ3v) is 3.61. The normalized spacial score (nSPS) is 11.7. The standard InChI is InChI=1S/C19H21NO3/c20-13-15-4-6-16(7-5-15)17-8-10-19(11-9-17)23-12-2-1-3-18(22)14-21/h4-11,18,21-22H,1-3,12,14H2. The number of unbranched alkanes of at least 4 members (excludes halogenated alkanes) is 1. The molecule has 23 heavy (non-hydrogen) atoms. The average Bonchev–Trinajstić information content (AvgIpc) is 2.62. The van der Waals surface area contributed by atoms with Gasteiger partial charge in [-0.1, -0.05) is 24.3 Å². The van der Waals surface area contributed by atoms with Gasteiger partial charge in [-0.25, -0.2) is 0 Å². The number of nitrogens with zero attached hydrogens (tertiary/aromatic N) is 1. The van der Waals surface area contributed by atoms with Crippen molar-refractivity contribution < 1.29 is 14.9 Å². The topological polar surface area (TPSA) is 73.5 Å². The van der Waals surface area contributed by atoms with Gasteiger partial charge in [0.05, 0.1) is 31.0 Å². The van der Waals surface area contributed by atoms with Crippen LogP contribution < -0.4 is 4.74 Å². The molecule has 0 bridgehead atoms. The third-order valence-electron chi connectivity index (χ3n) is 3.61. The molecule has 0 saturated carbocycles. The van der Waals surface area contributed by atoms with Gasteiger partial charge in [-0.05, 0) is 54.7 Å². The predicted molar refractivity (Wildman–Crippen MR) is 89.0 cm³/mol. The Morgan fingerprint density at radius 1 is 0.957 bits per heavy atom. The van der Waals surface area contributed by atoms with Crippen molar-refractivity contribution in [1.82, 2.24) is 0 Å². The molecule has 0 aliphatic rings. The molecule has 0 fully saturated rings. The summed E-state index contributed by atoms with van der Waals surface area (Å²) in [7, 11) is 0. The molecular weight excluding hydrogens is 290 g/mol. The molecule has 2 aromatic rings. The van der Waals surface area contributed by atoms with Crippen LogP contribution in [0.1, 0.15) is 24.8 Å². The van der Waals surface area contributed by atoms with E-state index in [1.54, 1.807) is 12.1 Å². The maximum Gasteiger partial charge on any atom is 0.119 e. The van der Waals surface area contributed by atoms with Gasteiger partial charge >= 0.3 is 0 Å². The van der Waals surface area contributed by atoms with E-state index in [-0.39, 0.29) is 6.61 Å². The number of rotatable bonds is 8. The van der Waals surface area contributed by atoms with E-state index < -0.39 is 6.10 Å². The average molecular weight is 311 g/mol. The summed E-state index contributed by atoms with van der Waals surface area (Å²) >= 11 is 0. The Morgan fingerprint density at radius 2 is 1.57 bits per heavy atom. The molecular formula is C19H21NO3. The van der Waals surface area contributed by atoms with Crippen LogP contribution in [0.25, 0.3) is 11.1 Å². The maximum absolute atomic E-state index is 9.24. The molecule has 0 heterocycles. The second kappa shape index (κ2) is 8.94. The Labute approximate surface area is 136 Å². The van der Waals surface area contributed by atoms with Crippen molar-refractivity contribution >= 4 is 0 Å². The Hall–Kier alpha value is -2.35. The summed E-state index contributed by atoms with van der Waals surface area (Å²) in [5.74, 6) is 0.810. The molecule has 1 unspecified atom stereocenters. The van der Waals surface area contributed by atoms with E-state index in [0.717, 1.165) is 29.7 Å². The summed E-state index contributed by atoms with van der Waals surface area (Å²) in [6.07, 6.45) is 1.64. The minimum atomic E-state index is -0.623. The SMILES string of the molecule is N#Cc1ccc(-c2ccc(OCCCCC(O)CO)cc2)cc1. The fourth-order valence-corrected chi connectivity index (χ4v) is 2.24. The fraction of sp³-hybridized carbons (Fsp3) is 0.316. The number of ether oxygens (including phenoxy) is 1. The largest absolute Gasteiger partial charge is 0.494 e. The molecule has 2 aromatic carbocycles.